The van der Waals surface area contributed by atoms with Gasteiger partial charge in [0, 0.05) is 28.7 Å². The summed E-state index contributed by atoms with van der Waals surface area (Å²) >= 11 is 0. The Labute approximate surface area is 114 Å². The van der Waals surface area contributed by atoms with Crippen molar-refractivity contribution in [3.8, 4) is 0 Å². The smallest absolute Gasteiger partial charge is 0.0475 e. The van der Waals surface area contributed by atoms with Gasteiger partial charge in [-0.3, -0.25) is 0 Å². The van der Waals surface area contributed by atoms with Crippen LogP contribution < -0.4 is 0 Å². The molecule has 0 unspecified atom stereocenters. The SMILES string of the molecule is CCc1c2ccccc2c(C)n1Cc1ccccc1. The van der Waals surface area contributed by atoms with Crippen molar-refractivity contribution in [2.75, 3.05) is 0 Å². The highest BCUT2D eigenvalue weighted by Crippen LogP contribution is 2.27. The largest absolute Gasteiger partial charge is 0.343 e. The van der Waals surface area contributed by atoms with Crippen LogP contribution in [0.3, 0.4) is 0 Å². The van der Waals surface area contributed by atoms with Gasteiger partial charge in [-0.1, -0.05) is 61.5 Å². The van der Waals surface area contributed by atoms with Crippen molar-refractivity contribution in [3.63, 3.8) is 0 Å². The zero-order valence-electron chi connectivity index (χ0n) is 11.6. The van der Waals surface area contributed by atoms with E-state index in [0.29, 0.717) is 0 Å². The minimum absolute atomic E-state index is 0.963. The van der Waals surface area contributed by atoms with E-state index in [4.69, 9.17) is 0 Å². The molecular weight excluding hydrogens is 230 g/mol. The molecule has 3 aromatic rings. The zero-order valence-corrected chi connectivity index (χ0v) is 11.6. The topological polar surface area (TPSA) is 4.93 Å². The number of nitrogens with zero attached hydrogens (tertiary/aromatic N) is 1. The van der Waals surface area contributed by atoms with Gasteiger partial charge < -0.3 is 4.57 Å². The highest BCUT2D eigenvalue weighted by atomic mass is 15.0. The van der Waals surface area contributed by atoms with Crippen LogP contribution in [-0.4, -0.2) is 4.57 Å². The Morgan fingerprint density at radius 1 is 0.842 bits per heavy atom. The van der Waals surface area contributed by atoms with Crippen LogP contribution in [0.25, 0.3) is 10.8 Å². The summed E-state index contributed by atoms with van der Waals surface area (Å²) in [7, 11) is 0. The van der Waals surface area contributed by atoms with Crippen LogP contribution in [0.2, 0.25) is 0 Å². The van der Waals surface area contributed by atoms with Gasteiger partial charge in [0.2, 0.25) is 0 Å². The lowest BCUT2D eigenvalue weighted by Crippen LogP contribution is -2.05. The first-order chi connectivity index (χ1) is 9.31. The molecule has 0 saturated heterocycles. The van der Waals surface area contributed by atoms with Crippen LogP contribution in [0.1, 0.15) is 23.9 Å². The van der Waals surface area contributed by atoms with Gasteiger partial charge in [0.25, 0.3) is 0 Å². The second-order valence-electron chi connectivity index (χ2n) is 5.00. The summed E-state index contributed by atoms with van der Waals surface area (Å²) in [6, 6.07) is 19.4. The normalized spacial score (nSPS) is 11.1. The zero-order chi connectivity index (χ0) is 13.2. The van der Waals surface area contributed by atoms with Crippen LogP contribution >= 0.6 is 0 Å². The van der Waals surface area contributed by atoms with Crippen LogP contribution in [0, 0.1) is 6.92 Å². The van der Waals surface area contributed by atoms with E-state index in [1.54, 1.807) is 0 Å². The number of rotatable bonds is 3. The quantitative estimate of drug-likeness (QED) is 0.641. The average molecular weight is 249 g/mol. The molecule has 0 aliphatic heterocycles. The predicted molar refractivity (Wildman–Crippen MR) is 81.6 cm³/mol. The van der Waals surface area contributed by atoms with E-state index in [-0.39, 0.29) is 0 Å². The number of benzene rings is 2. The molecule has 0 N–H and O–H groups in total. The third-order valence-electron chi connectivity index (χ3n) is 3.88. The fourth-order valence-corrected chi connectivity index (χ4v) is 2.90. The minimum atomic E-state index is 0.963. The Kier molecular flexibility index (Phi) is 3.12. The second kappa shape index (κ2) is 4.93. The maximum absolute atomic E-state index is 2.46. The molecule has 0 saturated carbocycles. The second-order valence-corrected chi connectivity index (χ2v) is 5.00. The third-order valence-corrected chi connectivity index (χ3v) is 3.88. The predicted octanol–water partition coefficient (Wildman–Crippen LogP) is 4.56. The van der Waals surface area contributed by atoms with Gasteiger partial charge in [0.1, 0.15) is 0 Å². The van der Waals surface area contributed by atoms with E-state index in [1.807, 2.05) is 0 Å². The maximum Gasteiger partial charge on any atom is 0.0475 e. The van der Waals surface area contributed by atoms with Crippen molar-refractivity contribution in [3.05, 3.63) is 71.5 Å². The Bertz CT molecular complexity index is 692. The van der Waals surface area contributed by atoms with Crippen LogP contribution in [0.15, 0.2) is 54.6 Å². The number of hydrogen-bond donors (Lipinski definition) is 0. The Hall–Kier alpha value is -2.02. The summed E-state index contributed by atoms with van der Waals surface area (Å²) < 4.78 is 2.46. The molecule has 1 heteroatoms. The summed E-state index contributed by atoms with van der Waals surface area (Å²) in [6.45, 7) is 5.43. The average Bonchev–Trinajstić information content (AvgIpc) is 2.73. The molecule has 0 bridgehead atoms. The fraction of sp³-hybridized carbons (Fsp3) is 0.222. The van der Waals surface area contributed by atoms with Crippen molar-refractivity contribution in [1.29, 1.82) is 0 Å². The lowest BCUT2D eigenvalue weighted by molar-refractivity contribution is 0.733. The highest BCUT2D eigenvalue weighted by Gasteiger charge is 2.12. The van der Waals surface area contributed by atoms with Crippen molar-refractivity contribution in [2.45, 2.75) is 26.8 Å². The number of aromatic nitrogens is 1. The van der Waals surface area contributed by atoms with E-state index in [0.717, 1.165) is 13.0 Å². The standard InChI is InChI=1S/C18H19N/c1-3-18-17-12-8-7-11-16(17)14(2)19(18)13-15-9-5-4-6-10-15/h4-12H,3,13H2,1-2H3. The first-order valence-electron chi connectivity index (χ1n) is 6.92. The summed E-state index contributed by atoms with van der Waals surface area (Å²) in [5, 5.41) is 2.79. The lowest BCUT2D eigenvalue weighted by Gasteiger charge is -2.10. The minimum Gasteiger partial charge on any atom is -0.343 e. The molecule has 0 amide bonds. The molecular formula is C18H19N. The van der Waals surface area contributed by atoms with Crippen molar-refractivity contribution in [1.82, 2.24) is 4.57 Å². The molecule has 0 spiro atoms. The van der Waals surface area contributed by atoms with E-state index in [9.17, 15) is 0 Å². The van der Waals surface area contributed by atoms with E-state index in [2.05, 4.69) is 73.0 Å². The lowest BCUT2D eigenvalue weighted by atomic mass is 10.1. The number of hydrogen-bond acceptors (Lipinski definition) is 0. The van der Waals surface area contributed by atoms with Gasteiger partial charge in [-0.2, -0.15) is 0 Å². The molecule has 2 aromatic carbocycles. The first-order valence-corrected chi connectivity index (χ1v) is 6.92. The summed E-state index contributed by atoms with van der Waals surface area (Å²) in [5.74, 6) is 0. The van der Waals surface area contributed by atoms with Crippen molar-refractivity contribution < 1.29 is 0 Å². The van der Waals surface area contributed by atoms with Crippen LogP contribution in [-0.2, 0) is 13.0 Å². The molecule has 96 valence electrons. The molecule has 0 aliphatic rings. The molecule has 0 fully saturated rings. The molecule has 0 atom stereocenters. The number of fused-ring (bicyclic) bond motifs is 1. The van der Waals surface area contributed by atoms with Gasteiger partial charge in [-0.15, -0.1) is 0 Å². The number of aryl methyl sites for hydroxylation is 2. The summed E-state index contributed by atoms with van der Waals surface area (Å²) in [6.07, 6.45) is 1.07. The molecule has 19 heavy (non-hydrogen) atoms. The molecule has 0 aliphatic carbocycles. The van der Waals surface area contributed by atoms with Crippen LogP contribution in [0.4, 0.5) is 0 Å². The van der Waals surface area contributed by atoms with Gasteiger partial charge >= 0.3 is 0 Å². The van der Waals surface area contributed by atoms with E-state index < -0.39 is 0 Å². The van der Waals surface area contributed by atoms with Crippen molar-refractivity contribution in [2.24, 2.45) is 0 Å². The maximum atomic E-state index is 2.46. The van der Waals surface area contributed by atoms with Gasteiger partial charge in [0.05, 0.1) is 0 Å². The van der Waals surface area contributed by atoms with E-state index >= 15 is 0 Å². The van der Waals surface area contributed by atoms with Crippen molar-refractivity contribution >= 4 is 10.8 Å². The third kappa shape index (κ3) is 2.06. The first kappa shape index (κ1) is 12.0. The monoisotopic (exact) mass is 249 g/mol. The van der Waals surface area contributed by atoms with Gasteiger partial charge in [0.15, 0.2) is 0 Å². The fourth-order valence-electron chi connectivity index (χ4n) is 2.90. The van der Waals surface area contributed by atoms with E-state index in [1.165, 1.54) is 27.7 Å². The molecule has 1 nitrogen and oxygen atoms in total. The molecule has 0 radical (unpaired) electrons. The molecule has 1 aromatic heterocycles. The van der Waals surface area contributed by atoms with Gasteiger partial charge in [-0.25, -0.2) is 0 Å². The van der Waals surface area contributed by atoms with Gasteiger partial charge in [-0.05, 0) is 18.9 Å². The summed E-state index contributed by atoms with van der Waals surface area (Å²) in [4.78, 5) is 0. The molecule has 1 heterocycles. The van der Waals surface area contributed by atoms with Crippen LogP contribution in [0.5, 0.6) is 0 Å². The Morgan fingerprint density at radius 2 is 1.47 bits per heavy atom. The Morgan fingerprint density at radius 3 is 2.16 bits per heavy atom. The highest BCUT2D eigenvalue weighted by molar-refractivity contribution is 5.88. The molecule has 3 rings (SSSR count). The summed E-state index contributed by atoms with van der Waals surface area (Å²) in [5.41, 5.74) is 4.17. The Balaban J connectivity index is 2.15.